The van der Waals surface area contributed by atoms with Gasteiger partial charge >= 0.3 is 0 Å². The zero-order valence-electron chi connectivity index (χ0n) is 15.8. The summed E-state index contributed by atoms with van der Waals surface area (Å²) in [5, 5.41) is 6.03. The molecule has 0 unspecified atom stereocenters. The molecule has 1 amide bonds. The number of aromatic nitrogens is 3. The van der Waals surface area contributed by atoms with Crippen molar-refractivity contribution in [3.05, 3.63) is 58.1 Å². The number of rotatable bonds is 4. The smallest absolute Gasteiger partial charge is 0.273 e. The van der Waals surface area contributed by atoms with E-state index < -0.39 is 0 Å². The van der Waals surface area contributed by atoms with Gasteiger partial charge in [-0.1, -0.05) is 36.2 Å². The van der Waals surface area contributed by atoms with Gasteiger partial charge in [-0.3, -0.25) is 9.59 Å². The molecule has 1 N–H and O–H groups in total. The molecule has 0 spiro atoms. The SMILES string of the molecule is O=C(C[C@H]1C[C@@H]2CC[C@H]1C2)Nn1nc(-c2ccc(Cl)nc2)c2ccccc2c1=O. The summed E-state index contributed by atoms with van der Waals surface area (Å²) in [6.45, 7) is 0. The summed E-state index contributed by atoms with van der Waals surface area (Å²) in [6, 6.07) is 10.7. The molecule has 3 aromatic rings. The number of fused-ring (bicyclic) bond motifs is 3. The number of carbonyl (C=O) groups excluding carboxylic acids is 1. The number of nitrogens with one attached hydrogen (secondary N) is 1. The summed E-state index contributed by atoms with van der Waals surface area (Å²) in [4.78, 5) is 30.8. The second-order valence-electron chi connectivity index (χ2n) is 8.15. The van der Waals surface area contributed by atoms with E-state index in [1.807, 2.05) is 12.1 Å². The van der Waals surface area contributed by atoms with Crippen LogP contribution in [0, 0.1) is 17.8 Å². The molecule has 2 bridgehead atoms. The van der Waals surface area contributed by atoms with Crippen LogP contribution in [0.2, 0.25) is 5.15 Å². The van der Waals surface area contributed by atoms with Crippen LogP contribution in [0.25, 0.3) is 22.0 Å². The Hall–Kier alpha value is -2.73. The van der Waals surface area contributed by atoms with Gasteiger partial charge in [0.1, 0.15) is 10.8 Å². The van der Waals surface area contributed by atoms with E-state index in [1.165, 1.54) is 19.3 Å². The summed E-state index contributed by atoms with van der Waals surface area (Å²) in [5.74, 6) is 1.70. The summed E-state index contributed by atoms with van der Waals surface area (Å²) in [7, 11) is 0. The van der Waals surface area contributed by atoms with E-state index in [1.54, 1.807) is 30.5 Å². The Morgan fingerprint density at radius 1 is 1.14 bits per heavy atom. The molecule has 2 heterocycles. The number of hydrogen-bond acceptors (Lipinski definition) is 4. The van der Waals surface area contributed by atoms with Crippen molar-refractivity contribution in [1.82, 2.24) is 14.9 Å². The Labute approximate surface area is 172 Å². The molecule has 3 atom stereocenters. The van der Waals surface area contributed by atoms with Crippen molar-refractivity contribution in [3.8, 4) is 11.3 Å². The van der Waals surface area contributed by atoms with Gasteiger partial charge in [-0.05, 0) is 55.2 Å². The average Bonchev–Trinajstić information content (AvgIpc) is 3.34. The van der Waals surface area contributed by atoms with E-state index >= 15 is 0 Å². The Kier molecular flexibility index (Phi) is 4.59. The Bertz CT molecular complexity index is 1140. The van der Waals surface area contributed by atoms with E-state index in [0.29, 0.717) is 39.9 Å². The maximum Gasteiger partial charge on any atom is 0.294 e. The Morgan fingerprint density at radius 3 is 2.66 bits per heavy atom. The van der Waals surface area contributed by atoms with Crippen molar-refractivity contribution in [2.75, 3.05) is 5.43 Å². The lowest BCUT2D eigenvalue weighted by molar-refractivity contribution is -0.118. The second-order valence-corrected chi connectivity index (χ2v) is 8.54. The lowest BCUT2D eigenvalue weighted by Crippen LogP contribution is -2.36. The van der Waals surface area contributed by atoms with Crippen molar-refractivity contribution in [3.63, 3.8) is 0 Å². The van der Waals surface area contributed by atoms with Gasteiger partial charge in [-0.15, -0.1) is 9.89 Å². The molecule has 2 aliphatic carbocycles. The van der Waals surface area contributed by atoms with E-state index in [-0.39, 0.29) is 11.5 Å². The van der Waals surface area contributed by atoms with E-state index in [0.717, 1.165) is 22.7 Å². The molecule has 0 saturated heterocycles. The van der Waals surface area contributed by atoms with Crippen LogP contribution in [-0.4, -0.2) is 20.8 Å². The first kappa shape index (κ1) is 18.3. The van der Waals surface area contributed by atoms with Crippen molar-refractivity contribution in [2.24, 2.45) is 17.8 Å². The number of pyridine rings is 1. The average molecular weight is 409 g/mol. The quantitative estimate of drug-likeness (QED) is 0.662. The van der Waals surface area contributed by atoms with Crippen LogP contribution in [-0.2, 0) is 4.79 Å². The fraction of sp³-hybridized carbons (Fsp3) is 0.364. The number of carbonyl (C=O) groups is 1. The van der Waals surface area contributed by atoms with E-state index in [9.17, 15) is 9.59 Å². The zero-order chi connectivity index (χ0) is 20.0. The maximum absolute atomic E-state index is 12.9. The lowest BCUT2D eigenvalue weighted by atomic mass is 9.86. The summed E-state index contributed by atoms with van der Waals surface area (Å²) in [6.07, 6.45) is 6.96. The fourth-order valence-electron chi connectivity index (χ4n) is 5.02. The van der Waals surface area contributed by atoms with Crippen molar-refractivity contribution >= 4 is 28.3 Å². The molecule has 2 aliphatic rings. The molecular formula is C22H21ClN4O2. The van der Waals surface area contributed by atoms with Gasteiger partial charge in [-0.25, -0.2) is 10.4 Å². The molecule has 0 aliphatic heterocycles. The molecule has 5 rings (SSSR count). The lowest BCUT2D eigenvalue weighted by Gasteiger charge is -2.21. The molecule has 6 nitrogen and oxygen atoms in total. The normalized spacial score (nSPS) is 22.9. The highest BCUT2D eigenvalue weighted by Gasteiger charge is 2.40. The minimum absolute atomic E-state index is 0.160. The van der Waals surface area contributed by atoms with Crippen LogP contribution in [0.4, 0.5) is 0 Å². The number of benzene rings is 1. The first-order valence-corrected chi connectivity index (χ1v) is 10.4. The van der Waals surface area contributed by atoms with E-state index in [2.05, 4.69) is 15.5 Å². The number of halogens is 1. The largest absolute Gasteiger partial charge is 0.294 e. The highest BCUT2D eigenvalue weighted by molar-refractivity contribution is 6.29. The van der Waals surface area contributed by atoms with Crippen molar-refractivity contribution < 1.29 is 4.79 Å². The number of nitrogens with zero attached hydrogens (tertiary/aromatic N) is 3. The Morgan fingerprint density at radius 2 is 1.97 bits per heavy atom. The standard InChI is InChI=1S/C22H21ClN4O2/c23-19-8-7-15(12-24-19)21-17-3-1-2-4-18(17)22(29)27(26-21)25-20(28)11-16-10-13-5-6-14(16)9-13/h1-4,7-8,12-14,16H,5-6,9-11H2,(H,25,28)/t13-,14+,16-/m1/s1. The molecule has 7 heteroatoms. The van der Waals surface area contributed by atoms with Crippen molar-refractivity contribution in [1.29, 1.82) is 0 Å². The minimum atomic E-state index is -0.340. The van der Waals surface area contributed by atoms with Gasteiger partial charge in [0.05, 0.1) is 5.39 Å². The Balaban J connectivity index is 1.48. The summed E-state index contributed by atoms with van der Waals surface area (Å²) >= 11 is 5.91. The molecule has 148 valence electrons. The van der Waals surface area contributed by atoms with Crippen LogP contribution in [0.15, 0.2) is 47.4 Å². The first-order chi connectivity index (χ1) is 14.1. The van der Waals surface area contributed by atoms with Gasteiger partial charge in [0.15, 0.2) is 0 Å². The van der Waals surface area contributed by atoms with Crippen LogP contribution in [0.3, 0.4) is 0 Å². The fourth-order valence-corrected chi connectivity index (χ4v) is 5.13. The maximum atomic E-state index is 12.9. The van der Waals surface area contributed by atoms with Crippen LogP contribution >= 0.6 is 11.6 Å². The van der Waals surface area contributed by atoms with E-state index in [4.69, 9.17) is 11.6 Å². The highest BCUT2D eigenvalue weighted by atomic mass is 35.5. The van der Waals surface area contributed by atoms with Crippen LogP contribution in [0.5, 0.6) is 0 Å². The van der Waals surface area contributed by atoms with Gasteiger partial charge < -0.3 is 0 Å². The monoisotopic (exact) mass is 408 g/mol. The van der Waals surface area contributed by atoms with Crippen molar-refractivity contribution in [2.45, 2.75) is 32.1 Å². The van der Waals surface area contributed by atoms with Gasteiger partial charge in [0, 0.05) is 23.6 Å². The second kappa shape index (κ2) is 7.26. The van der Waals surface area contributed by atoms with Crippen LogP contribution < -0.4 is 11.0 Å². The highest BCUT2D eigenvalue weighted by Crippen LogP contribution is 2.49. The topological polar surface area (TPSA) is 76.9 Å². The summed E-state index contributed by atoms with van der Waals surface area (Å²) in [5.41, 5.74) is 3.68. The summed E-state index contributed by atoms with van der Waals surface area (Å²) < 4.78 is 0. The third kappa shape index (κ3) is 3.42. The molecule has 2 saturated carbocycles. The predicted octanol–water partition coefficient (Wildman–Crippen LogP) is 4.01. The number of amides is 1. The first-order valence-electron chi connectivity index (χ1n) is 10.0. The minimum Gasteiger partial charge on any atom is -0.273 e. The molecule has 2 aromatic heterocycles. The van der Waals surface area contributed by atoms with Gasteiger partial charge in [0.2, 0.25) is 5.91 Å². The van der Waals surface area contributed by atoms with Gasteiger partial charge in [0.25, 0.3) is 5.56 Å². The molecule has 0 radical (unpaired) electrons. The molecule has 1 aromatic carbocycles. The molecule has 29 heavy (non-hydrogen) atoms. The predicted molar refractivity (Wildman–Crippen MR) is 112 cm³/mol. The third-order valence-corrected chi connectivity index (χ3v) is 6.59. The van der Waals surface area contributed by atoms with Gasteiger partial charge in [-0.2, -0.15) is 0 Å². The number of hydrogen-bond donors (Lipinski definition) is 1. The molecular weight excluding hydrogens is 388 g/mol. The third-order valence-electron chi connectivity index (χ3n) is 6.37. The zero-order valence-corrected chi connectivity index (χ0v) is 16.6. The van der Waals surface area contributed by atoms with Crippen LogP contribution in [0.1, 0.15) is 32.1 Å². The molecule has 2 fully saturated rings.